The van der Waals surface area contributed by atoms with E-state index in [0.29, 0.717) is 18.7 Å². The lowest BCUT2D eigenvalue weighted by Crippen LogP contribution is -2.47. The molecule has 2 heterocycles. The Balaban J connectivity index is 1.42. The van der Waals surface area contributed by atoms with Crippen molar-refractivity contribution in [3.63, 3.8) is 0 Å². The molecule has 1 fully saturated rings. The van der Waals surface area contributed by atoms with Gasteiger partial charge < -0.3 is 15.5 Å². The lowest BCUT2D eigenvalue weighted by Gasteiger charge is -2.32. The second-order valence-electron chi connectivity index (χ2n) is 6.25. The number of benzene rings is 1. The zero-order valence-electron chi connectivity index (χ0n) is 14.3. The summed E-state index contributed by atoms with van der Waals surface area (Å²) in [6.45, 7) is 1.61. The number of aryl methyl sites for hydroxylation is 1. The highest BCUT2D eigenvalue weighted by Gasteiger charge is 2.24. The van der Waals surface area contributed by atoms with Crippen LogP contribution in [0, 0.1) is 0 Å². The summed E-state index contributed by atoms with van der Waals surface area (Å²) in [5.41, 5.74) is 1.50. The molecule has 2 N–H and O–H groups in total. The third kappa shape index (κ3) is 4.59. The van der Waals surface area contributed by atoms with Crippen LogP contribution in [0.3, 0.4) is 0 Å². The van der Waals surface area contributed by atoms with Gasteiger partial charge in [-0.3, -0.25) is 14.3 Å². The fourth-order valence-corrected chi connectivity index (χ4v) is 2.93. The molecule has 7 heteroatoms. The molecule has 0 aliphatic carbocycles. The largest absolute Gasteiger partial charge is 0.376 e. The lowest BCUT2D eigenvalue weighted by atomic mass is 10.0. The number of hydrogen-bond acceptors (Lipinski definition) is 4. The normalized spacial score (nSPS) is 15.0. The summed E-state index contributed by atoms with van der Waals surface area (Å²) < 4.78 is 1.61. The van der Waals surface area contributed by atoms with Crippen molar-refractivity contribution in [1.82, 2.24) is 20.0 Å². The number of likely N-dealkylation sites (tertiary alicyclic amines) is 1. The first-order valence-corrected chi connectivity index (χ1v) is 8.48. The third-order valence-corrected chi connectivity index (χ3v) is 4.37. The first kappa shape index (κ1) is 17.0. The molecule has 3 rings (SSSR count). The molecule has 1 aromatic heterocycles. The Morgan fingerprint density at radius 2 is 1.92 bits per heavy atom. The number of nitrogens with one attached hydrogen (secondary N) is 2. The summed E-state index contributed by atoms with van der Waals surface area (Å²) in [5, 5.41) is 10.2. The van der Waals surface area contributed by atoms with Gasteiger partial charge in [-0.15, -0.1) is 0 Å². The zero-order valence-corrected chi connectivity index (χ0v) is 14.3. The topological polar surface area (TPSA) is 79.3 Å². The summed E-state index contributed by atoms with van der Waals surface area (Å²) in [7, 11) is 1.78. The number of piperidine rings is 1. The molecule has 132 valence electrons. The average Bonchev–Trinajstić information content (AvgIpc) is 3.08. The van der Waals surface area contributed by atoms with E-state index in [-0.39, 0.29) is 24.4 Å². The zero-order chi connectivity index (χ0) is 17.6. The van der Waals surface area contributed by atoms with Crippen LogP contribution < -0.4 is 10.6 Å². The SMILES string of the molecule is Cn1cc(C(=O)NC2CCN(C(=O)CNc3ccccc3)CC2)cn1. The summed E-state index contributed by atoms with van der Waals surface area (Å²) in [4.78, 5) is 26.3. The maximum atomic E-state index is 12.3. The average molecular weight is 341 g/mol. The van der Waals surface area contributed by atoms with Gasteiger partial charge in [0, 0.05) is 38.1 Å². The van der Waals surface area contributed by atoms with Crippen molar-refractivity contribution >= 4 is 17.5 Å². The molecule has 0 saturated carbocycles. The molecule has 0 unspecified atom stereocenters. The van der Waals surface area contributed by atoms with Gasteiger partial charge in [0.2, 0.25) is 5.91 Å². The van der Waals surface area contributed by atoms with Crippen LogP contribution in [0.25, 0.3) is 0 Å². The highest BCUT2D eigenvalue weighted by Crippen LogP contribution is 2.12. The van der Waals surface area contributed by atoms with Gasteiger partial charge in [0.25, 0.3) is 5.91 Å². The van der Waals surface area contributed by atoms with Crippen LogP contribution in [0.15, 0.2) is 42.7 Å². The molecule has 2 aromatic rings. The van der Waals surface area contributed by atoms with Crippen molar-refractivity contribution in [2.75, 3.05) is 25.0 Å². The van der Waals surface area contributed by atoms with Gasteiger partial charge in [-0.1, -0.05) is 18.2 Å². The van der Waals surface area contributed by atoms with Gasteiger partial charge in [-0.05, 0) is 25.0 Å². The Kier molecular flexibility index (Phi) is 5.33. The van der Waals surface area contributed by atoms with E-state index < -0.39 is 0 Å². The first-order chi connectivity index (χ1) is 12.1. The first-order valence-electron chi connectivity index (χ1n) is 8.48. The molecule has 2 amide bonds. The van der Waals surface area contributed by atoms with Crippen molar-refractivity contribution in [2.24, 2.45) is 7.05 Å². The Labute approximate surface area is 147 Å². The van der Waals surface area contributed by atoms with E-state index in [0.717, 1.165) is 18.5 Å². The number of amides is 2. The number of para-hydroxylation sites is 1. The smallest absolute Gasteiger partial charge is 0.254 e. The number of carbonyl (C=O) groups excluding carboxylic acids is 2. The van der Waals surface area contributed by atoms with Gasteiger partial charge in [0.15, 0.2) is 0 Å². The van der Waals surface area contributed by atoms with E-state index >= 15 is 0 Å². The Morgan fingerprint density at radius 1 is 1.20 bits per heavy atom. The van der Waals surface area contributed by atoms with Crippen molar-refractivity contribution in [3.8, 4) is 0 Å². The minimum absolute atomic E-state index is 0.0842. The van der Waals surface area contributed by atoms with Crippen molar-refractivity contribution in [2.45, 2.75) is 18.9 Å². The van der Waals surface area contributed by atoms with Crippen LogP contribution in [0.2, 0.25) is 0 Å². The maximum Gasteiger partial charge on any atom is 0.254 e. The number of carbonyl (C=O) groups is 2. The van der Waals surface area contributed by atoms with Gasteiger partial charge in [-0.2, -0.15) is 5.10 Å². The quantitative estimate of drug-likeness (QED) is 0.858. The summed E-state index contributed by atoms with van der Waals surface area (Å²) in [6.07, 6.45) is 4.79. The van der Waals surface area contributed by atoms with E-state index in [9.17, 15) is 9.59 Å². The monoisotopic (exact) mass is 341 g/mol. The summed E-state index contributed by atoms with van der Waals surface area (Å²) in [5.74, 6) is -0.0236. The van der Waals surface area contributed by atoms with E-state index in [1.807, 2.05) is 35.2 Å². The van der Waals surface area contributed by atoms with Crippen molar-refractivity contribution in [3.05, 3.63) is 48.3 Å². The van der Waals surface area contributed by atoms with Crippen LogP contribution in [-0.2, 0) is 11.8 Å². The second-order valence-corrected chi connectivity index (χ2v) is 6.25. The fourth-order valence-electron chi connectivity index (χ4n) is 2.93. The predicted molar refractivity (Wildman–Crippen MR) is 95.2 cm³/mol. The van der Waals surface area contributed by atoms with Crippen LogP contribution >= 0.6 is 0 Å². The Hall–Kier alpha value is -2.83. The number of hydrogen-bond donors (Lipinski definition) is 2. The fraction of sp³-hybridized carbons (Fsp3) is 0.389. The van der Waals surface area contributed by atoms with E-state index in [1.54, 1.807) is 24.1 Å². The number of nitrogens with zero attached hydrogens (tertiary/aromatic N) is 3. The molecule has 0 spiro atoms. The van der Waals surface area contributed by atoms with Crippen LogP contribution in [0.1, 0.15) is 23.2 Å². The molecule has 1 aliphatic heterocycles. The number of aromatic nitrogens is 2. The minimum atomic E-state index is -0.108. The minimum Gasteiger partial charge on any atom is -0.376 e. The highest BCUT2D eigenvalue weighted by atomic mass is 16.2. The molecule has 25 heavy (non-hydrogen) atoms. The highest BCUT2D eigenvalue weighted by molar-refractivity contribution is 5.93. The van der Waals surface area contributed by atoms with E-state index in [2.05, 4.69) is 15.7 Å². The summed E-state index contributed by atoms with van der Waals surface area (Å²) >= 11 is 0. The Morgan fingerprint density at radius 3 is 2.56 bits per heavy atom. The maximum absolute atomic E-state index is 12.3. The third-order valence-electron chi connectivity index (χ3n) is 4.37. The molecule has 0 bridgehead atoms. The summed E-state index contributed by atoms with van der Waals surface area (Å²) in [6, 6.07) is 9.78. The van der Waals surface area contributed by atoms with Gasteiger partial charge in [-0.25, -0.2) is 0 Å². The molecule has 1 saturated heterocycles. The lowest BCUT2D eigenvalue weighted by molar-refractivity contribution is -0.130. The molecule has 1 aliphatic rings. The predicted octanol–water partition coefficient (Wildman–Crippen LogP) is 1.25. The van der Waals surface area contributed by atoms with Gasteiger partial charge in [0.05, 0.1) is 18.3 Å². The Bertz CT molecular complexity index is 720. The number of rotatable bonds is 5. The van der Waals surface area contributed by atoms with Crippen molar-refractivity contribution in [1.29, 1.82) is 0 Å². The van der Waals surface area contributed by atoms with E-state index in [1.165, 1.54) is 0 Å². The molecular weight excluding hydrogens is 318 g/mol. The van der Waals surface area contributed by atoms with Gasteiger partial charge in [0.1, 0.15) is 0 Å². The molecule has 1 aromatic carbocycles. The van der Waals surface area contributed by atoms with Gasteiger partial charge >= 0.3 is 0 Å². The van der Waals surface area contributed by atoms with Crippen LogP contribution in [0.4, 0.5) is 5.69 Å². The molecular formula is C18H23N5O2. The standard InChI is InChI=1S/C18H23N5O2/c1-22-13-14(11-20-22)18(25)21-16-7-9-23(10-8-16)17(24)12-19-15-5-3-2-4-6-15/h2-6,11,13,16,19H,7-10,12H2,1H3,(H,21,25). The van der Waals surface area contributed by atoms with Crippen LogP contribution in [-0.4, -0.2) is 52.2 Å². The number of anilines is 1. The molecule has 0 atom stereocenters. The van der Waals surface area contributed by atoms with E-state index in [4.69, 9.17) is 0 Å². The van der Waals surface area contributed by atoms with Crippen molar-refractivity contribution < 1.29 is 9.59 Å². The second kappa shape index (κ2) is 7.83. The molecule has 0 radical (unpaired) electrons. The molecule has 7 nitrogen and oxygen atoms in total. The van der Waals surface area contributed by atoms with Crippen LogP contribution in [0.5, 0.6) is 0 Å².